The van der Waals surface area contributed by atoms with Crippen molar-refractivity contribution in [2.75, 3.05) is 11.9 Å². The molecule has 0 aliphatic rings. The van der Waals surface area contributed by atoms with Crippen molar-refractivity contribution >= 4 is 28.5 Å². The number of unbranched alkanes of at least 4 members (excludes halogenated alkanes) is 1. The molecule has 1 aromatic carbocycles. The van der Waals surface area contributed by atoms with Crippen molar-refractivity contribution in [2.24, 2.45) is 5.73 Å². The normalized spacial score (nSPS) is 12.0. The Kier molecular flexibility index (Phi) is 6.30. The van der Waals surface area contributed by atoms with Crippen LogP contribution in [0.4, 0.5) is 5.69 Å². The van der Waals surface area contributed by atoms with E-state index < -0.39 is 11.7 Å². The number of aryl methyl sites for hydroxylation is 1. The number of amides is 2. The molecule has 0 saturated heterocycles. The highest BCUT2D eigenvalue weighted by Crippen LogP contribution is 2.21. The number of nitrogens with one attached hydrogen (secondary N) is 2. The number of anilines is 1. The molecule has 0 bridgehead atoms. The Morgan fingerprint density at radius 3 is 2.68 bits per heavy atom. The number of fused-ring (bicyclic) bond motifs is 1. The highest BCUT2D eigenvalue weighted by atomic mass is 16.4. The molecule has 0 spiro atoms. The lowest BCUT2D eigenvalue weighted by Gasteiger charge is -2.17. The van der Waals surface area contributed by atoms with Gasteiger partial charge in [-0.2, -0.15) is 0 Å². The van der Waals surface area contributed by atoms with Gasteiger partial charge in [0, 0.05) is 30.1 Å². The maximum absolute atomic E-state index is 12.5. The second-order valence-corrected chi connectivity index (χ2v) is 5.99. The SMILES string of the molecule is CC(=O)N[C@@H](CCCCN)C(=O)Nc1ccc2c(C)cc(=O)oc2c1. The Bertz CT molecular complexity index is 829. The van der Waals surface area contributed by atoms with Crippen LogP contribution in [0.2, 0.25) is 0 Å². The van der Waals surface area contributed by atoms with E-state index in [1.807, 2.05) is 6.92 Å². The number of rotatable bonds is 7. The van der Waals surface area contributed by atoms with Crippen LogP contribution in [0.15, 0.2) is 33.5 Å². The first-order valence-electron chi connectivity index (χ1n) is 8.23. The maximum Gasteiger partial charge on any atom is 0.336 e. The van der Waals surface area contributed by atoms with Gasteiger partial charge in [0.25, 0.3) is 0 Å². The summed E-state index contributed by atoms with van der Waals surface area (Å²) in [6.07, 6.45) is 2.02. The number of hydrogen-bond acceptors (Lipinski definition) is 5. The van der Waals surface area contributed by atoms with Crippen molar-refractivity contribution in [3.05, 3.63) is 40.2 Å². The van der Waals surface area contributed by atoms with Gasteiger partial charge in [0.05, 0.1) is 0 Å². The summed E-state index contributed by atoms with van der Waals surface area (Å²) in [6, 6.07) is 5.91. The van der Waals surface area contributed by atoms with E-state index in [0.29, 0.717) is 24.2 Å². The minimum absolute atomic E-state index is 0.270. The Balaban J connectivity index is 2.17. The zero-order valence-electron chi connectivity index (χ0n) is 14.4. The molecule has 134 valence electrons. The quantitative estimate of drug-likeness (QED) is 0.522. The fourth-order valence-electron chi connectivity index (χ4n) is 2.64. The average Bonchev–Trinajstić information content (AvgIpc) is 2.53. The number of carbonyl (C=O) groups excluding carboxylic acids is 2. The standard InChI is InChI=1S/C18H23N3O4/c1-11-9-17(23)25-16-10-13(6-7-14(11)16)21-18(24)15(20-12(2)22)5-3-4-8-19/h6-7,9-10,15H,3-5,8,19H2,1-2H3,(H,20,22)(H,21,24)/t15-/m0/s1. The third kappa shape index (κ3) is 5.15. The lowest BCUT2D eigenvalue weighted by Crippen LogP contribution is -2.42. The lowest BCUT2D eigenvalue weighted by molar-refractivity contribution is -0.125. The zero-order chi connectivity index (χ0) is 18.4. The van der Waals surface area contributed by atoms with E-state index in [9.17, 15) is 14.4 Å². The van der Waals surface area contributed by atoms with E-state index in [2.05, 4.69) is 10.6 Å². The highest BCUT2D eigenvalue weighted by molar-refractivity contribution is 5.98. The molecule has 0 radical (unpaired) electrons. The summed E-state index contributed by atoms with van der Waals surface area (Å²) in [4.78, 5) is 35.3. The van der Waals surface area contributed by atoms with E-state index in [0.717, 1.165) is 23.8 Å². The zero-order valence-corrected chi connectivity index (χ0v) is 14.4. The molecule has 1 aromatic heterocycles. The van der Waals surface area contributed by atoms with Crippen molar-refractivity contribution in [2.45, 2.75) is 39.2 Å². The molecule has 25 heavy (non-hydrogen) atoms. The average molecular weight is 345 g/mol. The van der Waals surface area contributed by atoms with Gasteiger partial charge in [0.2, 0.25) is 11.8 Å². The van der Waals surface area contributed by atoms with Crippen LogP contribution in [-0.2, 0) is 9.59 Å². The molecular formula is C18H23N3O4. The first kappa shape index (κ1) is 18.7. The molecule has 1 atom stereocenters. The van der Waals surface area contributed by atoms with E-state index in [-0.39, 0.29) is 11.8 Å². The van der Waals surface area contributed by atoms with E-state index in [4.69, 9.17) is 10.2 Å². The summed E-state index contributed by atoms with van der Waals surface area (Å²) in [5.41, 5.74) is 6.74. The fraction of sp³-hybridized carbons (Fsp3) is 0.389. The Hall–Kier alpha value is -2.67. The second-order valence-electron chi connectivity index (χ2n) is 5.99. The van der Waals surface area contributed by atoms with Gasteiger partial charge in [-0.05, 0) is 50.4 Å². The topological polar surface area (TPSA) is 114 Å². The molecular weight excluding hydrogens is 322 g/mol. The second kappa shape index (κ2) is 8.43. The van der Waals surface area contributed by atoms with Crippen molar-refractivity contribution in [3.8, 4) is 0 Å². The summed E-state index contributed by atoms with van der Waals surface area (Å²) in [5.74, 6) is -0.588. The molecule has 0 saturated carbocycles. The lowest BCUT2D eigenvalue weighted by atomic mass is 10.1. The van der Waals surface area contributed by atoms with Crippen molar-refractivity contribution in [3.63, 3.8) is 0 Å². The van der Waals surface area contributed by atoms with Crippen LogP contribution in [0.25, 0.3) is 11.0 Å². The van der Waals surface area contributed by atoms with Crippen molar-refractivity contribution in [1.29, 1.82) is 0 Å². The van der Waals surface area contributed by atoms with Gasteiger partial charge in [-0.1, -0.05) is 0 Å². The summed E-state index contributed by atoms with van der Waals surface area (Å²) >= 11 is 0. The van der Waals surface area contributed by atoms with Gasteiger partial charge >= 0.3 is 5.63 Å². The molecule has 4 N–H and O–H groups in total. The van der Waals surface area contributed by atoms with Crippen LogP contribution in [0.3, 0.4) is 0 Å². The van der Waals surface area contributed by atoms with Crippen LogP contribution in [0.5, 0.6) is 0 Å². The van der Waals surface area contributed by atoms with Crippen LogP contribution in [0.1, 0.15) is 31.7 Å². The van der Waals surface area contributed by atoms with Crippen molar-refractivity contribution < 1.29 is 14.0 Å². The van der Waals surface area contributed by atoms with Gasteiger partial charge in [-0.3, -0.25) is 9.59 Å². The fourth-order valence-corrected chi connectivity index (χ4v) is 2.64. The van der Waals surface area contributed by atoms with E-state index >= 15 is 0 Å². The minimum Gasteiger partial charge on any atom is -0.423 e. The minimum atomic E-state index is -0.635. The monoisotopic (exact) mass is 345 g/mol. The molecule has 2 aromatic rings. The van der Waals surface area contributed by atoms with Crippen LogP contribution < -0.4 is 22.0 Å². The number of nitrogens with two attached hydrogens (primary N) is 1. The molecule has 7 nitrogen and oxygen atoms in total. The van der Waals surface area contributed by atoms with Gasteiger partial charge in [-0.15, -0.1) is 0 Å². The van der Waals surface area contributed by atoms with Crippen LogP contribution in [-0.4, -0.2) is 24.4 Å². The number of benzene rings is 1. The largest absolute Gasteiger partial charge is 0.423 e. The third-order valence-electron chi connectivity index (χ3n) is 3.86. The smallest absolute Gasteiger partial charge is 0.336 e. The number of carbonyl (C=O) groups is 2. The predicted molar refractivity (Wildman–Crippen MR) is 96.4 cm³/mol. The molecule has 0 aliphatic heterocycles. The Morgan fingerprint density at radius 1 is 1.24 bits per heavy atom. The maximum atomic E-state index is 12.5. The van der Waals surface area contributed by atoms with Gasteiger partial charge < -0.3 is 20.8 Å². The van der Waals surface area contributed by atoms with E-state index in [1.54, 1.807) is 18.2 Å². The molecule has 0 aliphatic carbocycles. The number of hydrogen-bond donors (Lipinski definition) is 3. The van der Waals surface area contributed by atoms with Gasteiger partial charge in [0.1, 0.15) is 11.6 Å². The highest BCUT2D eigenvalue weighted by Gasteiger charge is 2.19. The predicted octanol–water partition coefficient (Wildman–Crippen LogP) is 1.67. The molecule has 0 unspecified atom stereocenters. The molecule has 0 fully saturated rings. The Labute approximate surface area is 145 Å². The first-order chi connectivity index (χ1) is 11.9. The Morgan fingerprint density at radius 2 is 2.00 bits per heavy atom. The van der Waals surface area contributed by atoms with Crippen molar-refractivity contribution in [1.82, 2.24) is 5.32 Å². The first-order valence-corrected chi connectivity index (χ1v) is 8.23. The molecule has 7 heteroatoms. The van der Waals surface area contributed by atoms with E-state index in [1.165, 1.54) is 13.0 Å². The third-order valence-corrected chi connectivity index (χ3v) is 3.86. The summed E-state index contributed by atoms with van der Waals surface area (Å²) in [6.45, 7) is 3.73. The summed E-state index contributed by atoms with van der Waals surface area (Å²) in [5, 5.41) is 6.21. The molecule has 1 heterocycles. The van der Waals surface area contributed by atoms with Gasteiger partial charge in [-0.25, -0.2) is 4.79 Å². The van der Waals surface area contributed by atoms with Gasteiger partial charge in [0.15, 0.2) is 0 Å². The molecule has 2 amide bonds. The summed E-state index contributed by atoms with van der Waals surface area (Å²) in [7, 11) is 0. The molecule has 2 rings (SSSR count). The van der Waals surface area contributed by atoms with Crippen LogP contribution in [0, 0.1) is 6.92 Å². The summed E-state index contributed by atoms with van der Waals surface area (Å²) < 4.78 is 5.18. The van der Waals surface area contributed by atoms with Crippen LogP contribution >= 0.6 is 0 Å².